The van der Waals surface area contributed by atoms with Gasteiger partial charge in [0.1, 0.15) is 11.9 Å². The Morgan fingerprint density at radius 2 is 2.40 bits per heavy atom. The molecule has 0 saturated carbocycles. The second-order valence-electron chi connectivity index (χ2n) is 4.57. The fourth-order valence-electron chi connectivity index (χ4n) is 2.12. The van der Waals surface area contributed by atoms with Crippen LogP contribution in [0.25, 0.3) is 11.4 Å². The zero-order chi connectivity index (χ0) is 13.8. The molecule has 104 valence electrons. The predicted molar refractivity (Wildman–Crippen MR) is 75.3 cm³/mol. The van der Waals surface area contributed by atoms with E-state index in [1.807, 2.05) is 24.3 Å². The molecule has 1 aromatic heterocycles. The summed E-state index contributed by atoms with van der Waals surface area (Å²) >= 11 is 0. The lowest BCUT2D eigenvalue weighted by Gasteiger charge is -2.22. The van der Waals surface area contributed by atoms with E-state index in [4.69, 9.17) is 4.74 Å². The highest BCUT2D eigenvalue weighted by Crippen LogP contribution is 2.19. The van der Waals surface area contributed by atoms with Crippen LogP contribution in [0.3, 0.4) is 0 Å². The van der Waals surface area contributed by atoms with Crippen molar-refractivity contribution in [1.29, 1.82) is 0 Å². The zero-order valence-corrected chi connectivity index (χ0v) is 10.9. The van der Waals surface area contributed by atoms with E-state index in [-0.39, 0.29) is 5.91 Å². The van der Waals surface area contributed by atoms with Crippen molar-refractivity contribution in [3.05, 3.63) is 36.7 Å². The number of morpholine rings is 1. The van der Waals surface area contributed by atoms with Gasteiger partial charge < -0.3 is 20.4 Å². The van der Waals surface area contributed by atoms with Gasteiger partial charge in [0.15, 0.2) is 0 Å². The summed E-state index contributed by atoms with van der Waals surface area (Å²) in [6.45, 7) is 1.89. The molecular formula is C14H16N4O2. The molecule has 3 N–H and O–H groups in total. The first-order chi connectivity index (χ1) is 9.83. The second kappa shape index (κ2) is 5.85. The standard InChI is InChI=1S/C14H16N4O2/c19-14(12-9-15-6-7-20-12)18-11-3-1-2-10(8-11)13-16-4-5-17-13/h1-5,8,12,15H,6-7,9H2,(H,16,17)(H,18,19). The largest absolute Gasteiger partial charge is 0.366 e. The van der Waals surface area contributed by atoms with Crippen LogP contribution < -0.4 is 10.6 Å². The zero-order valence-electron chi connectivity index (χ0n) is 10.9. The summed E-state index contributed by atoms with van der Waals surface area (Å²) in [6, 6.07) is 7.55. The molecule has 0 radical (unpaired) electrons. The van der Waals surface area contributed by atoms with Crippen molar-refractivity contribution in [3.63, 3.8) is 0 Å². The van der Waals surface area contributed by atoms with Crippen LogP contribution in [0.15, 0.2) is 36.7 Å². The quantitative estimate of drug-likeness (QED) is 0.779. The molecule has 3 rings (SSSR count). The van der Waals surface area contributed by atoms with Crippen molar-refractivity contribution in [2.45, 2.75) is 6.10 Å². The molecule has 1 saturated heterocycles. The molecule has 1 aliphatic rings. The molecule has 2 aromatic rings. The van der Waals surface area contributed by atoms with E-state index in [1.54, 1.807) is 12.4 Å². The molecule has 0 spiro atoms. The van der Waals surface area contributed by atoms with Gasteiger partial charge >= 0.3 is 0 Å². The first kappa shape index (κ1) is 12.8. The van der Waals surface area contributed by atoms with Crippen LogP contribution in [0.2, 0.25) is 0 Å². The third-order valence-corrected chi connectivity index (χ3v) is 3.12. The number of aromatic amines is 1. The minimum atomic E-state index is -0.434. The lowest BCUT2D eigenvalue weighted by Crippen LogP contribution is -2.45. The summed E-state index contributed by atoms with van der Waals surface area (Å²) in [5.41, 5.74) is 1.66. The second-order valence-corrected chi connectivity index (χ2v) is 4.57. The average Bonchev–Trinajstić information content (AvgIpc) is 3.03. The third-order valence-electron chi connectivity index (χ3n) is 3.12. The number of nitrogens with one attached hydrogen (secondary N) is 3. The molecule has 1 fully saturated rings. The van der Waals surface area contributed by atoms with Crippen LogP contribution in [0.1, 0.15) is 0 Å². The van der Waals surface area contributed by atoms with Crippen LogP contribution in [0.4, 0.5) is 5.69 Å². The Kier molecular flexibility index (Phi) is 3.76. The number of H-pyrrole nitrogens is 1. The van der Waals surface area contributed by atoms with Gasteiger partial charge in [0.2, 0.25) is 0 Å². The van der Waals surface area contributed by atoms with Gasteiger partial charge in [-0.2, -0.15) is 0 Å². The number of aromatic nitrogens is 2. The number of carbonyl (C=O) groups is 1. The minimum Gasteiger partial charge on any atom is -0.366 e. The van der Waals surface area contributed by atoms with Gasteiger partial charge in [-0.25, -0.2) is 4.98 Å². The number of hydrogen-bond donors (Lipinski definition) is 3. The maximum atomic E-state index is 12.1. The van der Waals surface area contributed by atoms with E-state index >= 15 is 0 Å². The number of carbonyl (C=O) groups excluding carboxylic acids is 1. The highest BCUT2D eigenvalue weighted by molar-refractivity contribution is 5.94. The number of ether oxygens (including phenoxy) is 1. The Morgan fingerprint density at radius 1 is 1.45 bits per heavy atom. The summed E-state index contributed by atoms with van der Waals surface area (Å²) in [4.78, 5) is 19.3. The Balaban J connectivity index is 1.71. The predicted octanol–water partition coefficient (Wildman–Crippen LogP) is 1.00. The van der Waals surface area contributed by atoms with E-state index in [9.17, 15) is 4.79 Å². The van der Waals surface area contributed by atoms with Gasteiger partial charge in [0.25, 0.3) is 5.91 Å². The summed E-state index contributed by atoms with van der Waals surface area (Å²) in [6.07, 6.45) is 3.03. The molecule has 6 heteroatoms. The van der Waals surface area contributed by atoms with Crippen LogP contribution in [0.5, 0.6) is 0 Å². The van der Waals surface area contributed by atoms with Gasteiger partial charge in [-0.3, -0.25) is 4.79 Å². The summed E-state index contributed by atoms with van der Waals surface area (Å²) in [7, 11) is 0. The van der Waals surface area contributed by atoms with Gasteiger partial charge in [-0.1, -0.05) is 12.1 Å². The highest BCUT2D eigenvalue weighted by atomic mass is 16.5. The molecule has 1 atom stereocenters. The number of rotatable bonds is 3. The van der Waals surface area contributed by atoms with E-state index in [1.165, 1.54) is 0 Å². The van der Waals surface area contributed by atoms with Crippen LogP contribution >= 0.6 is 0 Å². The molecule has 1 aromatic carbocycles. The number of benzene rings is 1. The van der Waals surface area contributed by atoms with E-state index in [0.717, 1.165) is 23.6 Å². The molecular weight excluding hydrogens is 256 g/mol. The van der Waals surface area contributed by atoms with Crippen molar-refractivity contribution >= 4 is 11.6 Å². The lowest BCUT2D eigenvalue weighted by molar-refractivity contribution is -0.128. The van der Waals surface area contributed by atoms with Crippen molar-refractivity contribution in [1.82, 2.24) is 15.3 Å². The molecule has 20 heavy (non-hydrogen) atoms. The fraction of sp³-hybridized carbons (Fsp3) is 0.286. The maximum Gasteiger partial charge on any atom is 0.254 e. The van der Waals surface area contributed by atoms with Crippen molar-refractivity contribution in [3.8, 4) is 11.4 Å². The van der Waals surface area contributed by atoms with Crippen molar-refractivity contribution in [2.75, 3.05) is 25.0 Å². The minimum absolute atomic E-state index is 0.131. The third kappa shape index (κ3) is 2.87. The van der Waals surface area contributed by atoms with Crippen molar-refractivity contribution in [2.24, 2.45) is 0 Å². The maximum absolute atomic E-state index is 12.1. The smallest absolute Gasteiger partial charge is 0.254 e. The van der Waals surface area contributed by atoms with Crippen LogP contribution in [0, 0.1) is 0 Å². The van der Waals surface area contributed by atoms with Gasteiger partial charge in [-0.15, -0.1) is 0 Å². The summed E-state index contributed by atoms with van der Waals surface area (Å²) < 4.78 is 5.42. The normalized spacial score (nSPS) is 18.7. The number of hydrogen-bond acceptors (Lipinski definition) is 4. The van der Waals surface area contributed by atoms with E-state index in [0.29, 0.717) is 13.2 Å². The van der Waals surface area contributed by atoms with Crippen LogP contribution in [-0.4, -0.2) is 41.7 Å². The van der Waals surface area contributed by atoms with Gasteiger partial charge in [-0.05, 0) is 12.1 Å². The summed E-state index contributed by atoms with van der Waals surface area (Å²) in [5.74, 6) is 0.644. The molecule has 0 aliphatic carbocycles. The number of amides is 1. The Labute approximate surface area is 116 Å². The SMILES string of the molecule is O=C(Nc1cccc(-c2ncc[nH]2)c1)C1CNCCO1. The van der Waals surface area contributed by atoms with Gasteiger partial charge in [0.05, 0.1) is 6.61 Å². The molecule has 1 amide bonds. The van der Waals surface area contributed by atoms with Crippen molar-refractivity contribution < 1.29 is 9.53 Å². The Morgan fingerprint density at radius 3 is 3.15 bits per heavy atom. The highest BCUT2D eigenvalue weighted by Gasteiger charge is 2.21. The van der Waals surface area contributed by atoms with Crippen LogP contribution in [-0.2, 0) is 9.53 Å². The molecule has 2 heterocycles. The number of imidazole rings is 1. The number of anilines is 1. The topological polar surface area (TPSA) is 79.0 Å². The Hall–Kier alpha value is -2.18. The average molecular weight is 272 g/mol. The van der Waals surface area contributed by atoms with Gasteiger partial charge in [0, 0.05) is 36.7 Å². The lowest BCUT2D eigenvalue weighted by atomic mass is 10.2. The molecule has 0 bridgehead atoms. The first-order valence-electron chi connectivity index (χ1n) is 6.56. The summed E-state index contributed by atoms with van der Waals surface area (Å²) in [5, 5.41) is 6.00. The van der Waals surface area contributed by atoms with E-state index in [2.05, 4.69) is 20.6 Å². The fourth-order valence-corrected chi connectivity index (χ4v) is 2.12. The number of nitrogens with zero attached hydrogens (tertiary/aromatic N) is 1. The van der Waals surface area contributed by atoms with E-state index < -0.39 is 6.10 Å². The molecule has 1 aliphatic heterocycles. The molecule has 1 unspecified atom stereocenters. The molecule has 6 nitrogen and oxygen atoms in total. The first-order valence-corrected chi connectivity index (χ1v) is 6.56. The monoisotopic (exact) mass is 272 g/mol. The Bertz CT molecular complexity index is 577.